The highest BCUT2D eigenvalue weighted by Gasteiger charge is 2.49. The fraction of sp³-hybridized carbons (Fsp3) is 0.500. The van der Waals surface area contributed by atoms with Crippen LogP contribution in [0.2, 0.25) is 0 Å². The predicted molar refractivity (Wildman–Crippen MR) is 117 cm³/mol. The van der Waals surface area contributed by atoms with Gasteiger partial charge >= 0.3 is 0 Å². The summed E-state index contributed by atoms with van der Waals surface area (Å²) < 4.78 is 0. The lowest BCUT2D eigenvalue weighted by molar-refractivity contribution is -0.136. The second-order valence-corrected chi connectivity index (χ2v) is 8.76. The van der Waals surface area contributed by atoms with E-state index >= 15 is 0 Å². The number of aryl methyl sites for hydroxylation is 1. The van der Waals surface area contributed by atoms with Gasteiger partial charge < -0.3 is 15.7 Å². The molecule has 2 saturated heterocycles. The molecule has 5 heterocycles. The number of aliphatic imine (C=N–C) groups is 1. The van der Waals surface area contributed by atoms with E-state index < -0.39 is 11.6 Å². The Morgan fingerprint density at radius 3 is 2.91 bits per heavy atom. The van der Waals surface area contributed by atoms with Crippen LogP contribution < -0.4 is 10.6 Å². The van der Waals surface area contributed by atoms with Crippen molar-refractivity contribution in [1.82, 2.24) is 25.4 Å². The van der Waals surface area contributed by atoms with Gasteiger partial charge in [-0.2, -0.15) is 10.4 Å². The molecule has 0 spiro atoms. The molecule has 2 bridgehead atoms. The van der Waals surface area contributed by atoms with E-state index in [1.54, 1.807) is 18.3 Å². The van der Waals surface area contributed by atoms with E-state index in [0.717, 1.165) is 37.9 Å². The van der Waals surface area contributed by atoms with E-state index in [-0.39, 0.29) is 11.7 Å². The second kappa shape index (κ2) is 8.00. The molecule has 3 aliphatic rings. The summed E-state index contributed by atoms with van der Waals surface area (Å²) >= 11 is 0. The summed E-state index contributed by atoms with van der Waals surface area (Å²) in [4.78, 5) is 24.7. The van der Waals surface area contributed by atoms with Crippen molar-refractivity contribution in [3.05, 3.63) is 41.3 Å². The highest BCUT2D eigenvalue weighted by atomic mass is 16.3. The minimum Gasteiger partial charge on any atom is -0.358 e. The van der Waals surface area contributed by atoms with Gasteiger partial charge in [-0.1, -0.05) is 0 Å². The first-order valence-corrected chi connectivity index (χ1v) is 11.0. The normalized spacial score (nSPS) is 30.0. The van der Waals surface area contributed by atoms with Gasteiger partial charge in [-0.15, -0.1) is 0 Å². The average Bonchev–Trinajstić information content (AvgIpc) is 3.39. The van der Waals surface area contributed by atoms with Crippen LogP contribution in [0.3, 0.4) is 0 Å². The van der Waals surface area contributed by atoms with Gasteiger partial charge in [0.15, 0.2) is 5.82 Å². The quantitative estimate of drug-likeness (QED) is 0.553. The number of rotatable bonds is 5. The number of carbonyl (C=O) groups excluding carboxylic acids is 1. The number of nitriles is 1. The number of carbonyl (C=O) groups is 1. The summed E-state index contributed by atoms with van der Waals surface area (Å²) in [6.07, 6.45) is 6.15. The summed E-state index contributed by atoms with van der Waals surface area (Å²) in [5, 5.41) is 32.6. The van der Waals surface area contributed by atoms with Crippen LogP contribution in [0.5, 0.6) is 0 Å². The van der Waals surface area contributed by atoms with Crippen molar-refractivity contribution in [2.75, 3.05) is 11.9 Å². The van der Waals surface area contributed by atoms with Gasteiger partial charge in [-0.25, -0.2) is 0 Å². The third kappa shape index (κ3) is 3.53. The number of H-pyrrole nitrogens is 1. The summed E-state index contributed by atoms with van der Waals surface area (Å²) in [5.74, 6) is 0.145. The summed E-state index contributed by atoms with van der Waals surface area (Å²) in [7, 11) is 0. The average molecular weight is 435 g/mol. The maximum absolute atomic E-state index is 13.0. The van der Waals surface area contributed by atoms with E-state index in [1.807, 2.05) is 13.0 Å². The molecule has 0 aromatic carbocycles. The Morgan fingerprint density at radius 1 is 1.44 bits per heavy atom. The van der Waals surface area contributed by atoms with Crippen molar-refractivity contribution in [3.63, 3.8) is 0 Å². The smallest absolute Gasteiger partial charge is 0.285 e. The molecule has 5 rings (SSSR count). The van der Waals surface area contributed by atoms with Crippen LogP contribution in [0.25, 0.3) is 0 Å². The molecular weight excluding hydrogens is 408 g/mol. The van der Waals surface area contributed by atoms with Gasteiger partial charge in [0.1, 0.15) is 11.5 Å². The molecule has 2 aromatic heterocycles. The van der Waals surface area contributed by atoms with Crippen LogP contribution in [0.15, 0.2) is 29.4 Å². The van der Waals surface area contributed by atoms with Gasteiger partial charge in [-0.3, -0.25) is 24.8 Å². The zero-order valence-electron chi connectivity index (χ0n) is 17.9. The highest BCUT2D eigenvalue weighted by Crippen LogP contribution is 2.38. The molecule has 1 amide bonds. The molecule has 10 nitrogen and oxygen atoms in total. The van der Waals surface area contributed by atoms with Gasteiger partial charge in [-0.05, 0) is 44.7 Å². The molecular formula is C22H26N8O2. The SMILES string of the molecule is Cc1cc(NC(=O)C2(O)NC(=NC3CC4CCC(C3)N4CCC#N)c3cccnc32)n[nH]1. The van der Waals surface area contributed by atoms with Gasteiger partial charge in [0.05, 0.1) is 12.1 Å². The summed E-state index contributed by atoms with van der Waals surface area (Å²) in [6, 6.07) is 8.45. The lowest BCUT2D eigenvalue weighted by Gasteiger charge is -2.37. The first-order valence-electron chi connectivity index (χ1n) is 11.0. The molecule has 2 fully saturated rings. The molecule has 3 unspecified atom stereocenters. The molecule has 166 valence electrons. The number of amides is 1. The number of hydrogen-bond acceptors (Lipinski definition) is 7. The fourth-order valence-electron chi connectivity index (χ4n) is 5.22. The number of anilines is 1. The molecule has 2 aromatic rings. The van der Waals surface area contributed by atoms with Gasteiger partial charge in [0, 0.05) is 48.6 Å². The van der Waals surface area contributed by atoms with Crippen molar-refractivity contribution in [2.24, 2.45) is 4.99 Å². The van der Waals surface area contributed by atoms with Crippen LogP contribution in [0, 0.1) is 18.3 Å². The Labute approximate surface area is 185 Å². The molecule has 3 atom stereocenters. The van der Waals surface area contributed by atoms with Crippen LogP contribution in [0.4, 0.5) is 5.82 Å². The Hall–Kier alpha value is -3.29. The highest BCUT2D eigenvalue weighted by molar-refractivity contribution is 6.10. The number of aliphatic hydroxyl groups is 1. The molecule has 10 heteroatoms. The largest absolute Gasteiger partial charge is 0.358 e. The van der Waals surface area contributed by atoms with Crippen molar-refractivity contribution >= 4 is 17.6 Å². The van der Waals surface area contributed by atoms with E-state index in [2.05, 4.69) is 36.8 Å². The van der Waals surface area contributed by atoms with Crippen LogP contribution in [-0.2, 0) is 10.5 Å². The lowest BCUT2D eigenvalue weighted by Crippen LogP contribution is -2.50. The minimum atomic E-state index is -2.03. The number of piperidine rings is 1. The zero-order valence-corrected chi connectivity index (χ0v) is 17.9. The minimum absolute atomic E-state index is 0.0841. The van der Waals surface area contributed by atoms with Crippen LogP contribution in [0.1, 0.15) is 49.1 Å². The number of hydrogen-bond donors (Lipinski definition) is 4. The third-order valence-electron chi connectivity index (χ3n) is 6.63. The standard InChI is InChI=1S/C22H26N8O2/c1-13-10-18(29-28-13)26-21(31)22(32)19-17(4-2-8-24-19)20(27-22)25-14-11-15-5-6-16(12-14)30(15)9-3-7-23/h2,4,8,10,14-16,32H,3,5-6,9,11-12H2,1H3,(H,25,27)(H2,26,28,29,31). The Morgan fingerprint density at radius 2 is 2.22 bits per heavy atom. The number of aromatic amines is 1. The molecule has 32 heavy (non-hydrogen) atoms. The Bertz CT molecular complexity index is 1090. The number of nitrogens with zero attached hydrogens (tertiary/aromatic N) is 5. The number of pyridine rings is 1. The Balaban J connectivity index is 1.37. The van der Waals surface area contributed by atoms with Crippen molar-refractivity contribution < 1.29 is 9.90 Å². The lowest BCUT2D eigenvalue weighted by atomic mass is 9.97. The maximum atomic E-state index is 13.0. The molecule has 0 aliphatic carbocycles. The van der Waals surface area contributed by atoms with E-state index in [9.17, 15) is 9.90 Å². The Kier molecular flexibility index (Phi) is 5.15. The monoisotopic (exact) mass is 434 g/mol. The van der Waals surface area contributed by atoms with Crippen LogP contribution in [-0.4, -0.2) is 61.6 Å². The molecule has 0 radical (unpaired) electrons. The van der Waals surface area contributed by atoms with Gasteiger partial charge in [0.25, 0.3) is 11.6 Å². The van der Waals surface area contributed by atoms with Gasteiger partial charge in [0.2, 0.25) is 0 Å². The number of amidine groups is 1. The second-order valence-electron chi connectivity index (χ2n) is 8.76. The van der Waals surface area contributed by atoms with Crippen LogP contribution >= 0.6 is 0 Å². The van der Waals surface area contributed by atoms with E-state index in [1.165, 1.54) is 0 Å². The predicted octanol–water partition coefficient (Wildman–Crippen LogP) is 1.16. The summed E-state index contributed by atoms with van der Waals surface area (Å²) in [5.41, 5.74) is -0.377. The van der Waals surface area contributed by atoms with Crippen molar-refractivity contribution in [3.8, 4) is 6.07 Å². The molecule has 0 saturated carbocycles. The maximum Gasteiger partial charge on any atom is 0.285 e. The molecule has 3 aliphatic heterocycles. The van der Waals surface area contributed by atoms with Crippen molar-refractivity contribution in [2.45, 2.75) is 62.9 Å². The number of nitrogens with one attached hydrogen (secondary N) is 3. The first-order chi connectivity index (χ1) is 15.5. The topological polar surface area (TPSA) is 142 Å². The summed E-state index contributed by atoms with van der Waals surface area (Å²) in [6.45, 7) is 2.64. The zero-order chi connectivity index (χ0) is 22.3. The fourth-order valence-corrected chi connectivity index (χ4v) is 5.22. The van der Waals surface area contributed by atoms with E-state index in [4.69, 9.17) is 10.3 Å². The van der Waals surface area contributed by atoms with E-state index in [0.29, 0.717) is 35.7 Å². The molecule has 4 N–H and O–H groups in total. The van der Waals surface area contributed by atoms with Crippen molar-refractivity contribution in [1.29, 1.82) is 5.26 Å². The number of aromatic nitrogens is 3. The third-order valence-corrected chi connectivity index (χ3v) is 6.63. The first kappa shape index (κ1) is 20.6. The number of fused-ring (bicyclic) bond motifs is 3.